The molecule has 2 rings (SSSR count). The monoisotopic (exact) mass is 237 g/mol. The van der Waals surface area contributed by atoms with Crippen molar-refractivity contribution < 1.29 is 13.5 Å². The van der Waals surface area contributed by atoms with E-state index in [0.29, 0.717) is 5.69 Å². The lowest BCUT2D eigenvalue weighted by atomic mass is 10.3. The zero-order chi connectivity index (χ0) is 12.3. The second-order valence-electron chi connectivity index (χ2n) is 3.18. The summed E-state index contributed by atoms with van der Waals surface area (Å²) in [7, 11) is 0. The molecule has 0 radical (unpaired) electrons. The number of ether oxygens (including phenoxy) is 1. The van der Waals surface area contributed by atoms with Crippen molar-refractivity contribution in [3.05, 3.63) is 48.2 Å². The van der Waals surface area contributed by atoms with Crippen LogP contribution in [-0.2, 0) is 0 Å². The molecule has 1 heterocycles. The van der Waals surface area contributed by atoms with Crippen molar-refractivity contribution in [1.29, 1.82) is 0 Å². The van der Waals surface area contributed by atoms with Crippen molar-refractivity contribution in [2.24, 2.45) is 5.84 Å². The van der Waals surface area contributed by atoms with E-state index >= 15 is 0 Å². The van der Waals surface area contributed by atoms with Crippen molar-refractivity contribution in [1.82, 2.24) is 4.98 Å². The molecule has 0 fully saturated rings. The molecule has 6 heteroatoms. The van der Waals surface area contributed by atoms with Crippen LogP contribution in [0.2, 0.25) is 0 Å². The first kappa shape index (κ1) is 11.3. The Kier molecular flexibility index (Phi) is 3.15. The Morgan fingerprint density at radius 3 is 2.65 bits per heavy atom. The van der Waals surface area contributed by atoms with Crippen LogP contribution in [0, 0.1) is 11.6 Å². The molecule has 0 bridgehead atoms. The number of halogens is 2. The molecule has 0 aliphatic carbocycles. The van der Waals surface area contributed by atoms with E-state index < -0.39 is 11.6 Å². The Balaban J connectivity index is 2.22. The van der Waals surface area contributed by atoms with Crippen LogP contribution in [0.15, 0.2) is 36.5 Å². The Bertz CT molecular complexity index is 517. The fraction of sp³-hybridized carbons (Fsp3) is 0. The van der Waals surface area contributed by atoms with Crippen LogP contribution < -0.4 is 16.0 Å². The van der Waals surface area contributed by atoms with Gasteiger partial charge in [-0.2, -0.15) is 4.39 Å². The van der Waals surface area contributed by atoms with Gasteiger partial charge in [-0.1, -0.05) is 6.07 Å². The average molecular weight is 237 g/mol. The van der Waals surface area contributed by atoms with Crippen molar-refractivity contribution in [2.75, 3.05) is 5.43 Å². The van der Waals surface area contributed by atoms with Gasteiger partial charge in [-0.05, 0) is 18.2 Å². The normalized spacial score (nSPS) is 10.1. The lowest BCUT2D eigenvalue weighted by Crippen LogP contribution is -2.06. The third-order valence-electron chi connectivity index (χ3n) is 2.03. The molecule has 88 valence electrons. The highest BCUT2D eigenvalue weighted by molar-refractivity contribution is 5.41. The van der Waals surface area contributed by atoms with Crippen LogP contribution in [0.1, 0.15) is 0 Å². The maximum absolute atomic E-state index is 13.3. The summed E-state index contributed by atoms with van der Waals surface area (Å²) in [6.07, 6.45) is 1.41. The van der Waals surface area contributed by atoms with Gasteiger partial charge in [0.1, 0.15) is 0 Å². The number of hydrogen-bond acceptors (Lipinski definition) is 4. The molecule has 3 N–H and O–H groups in total. The minimum atomic E-state index is -1.05. The number of benzene rings is 1. The van der Waals surface area contributed by atoms with Gasteiger partial charge in [0, 0.05) is 6.07 Å². The molecule has 0 spiro atoms. The molecule has 0 atom stereocenters. The standard InChI is InChI=1S/C11H9F2N3O/c12-8-2-1-3-9(11(8)13)17-10-5-4-7(16-14)6-15-10/h1-6,16H,14H2. The molecule has 0 amide bonds. The number of hydrazine groups is 1. The smallest absolute Gasteiger partial charge is 0.219 e. The van der Waals surface area contributed by atoms with Crippen LogP contribution >= 0.6 is 0 Å². The lowest BCUT2D eigenvalue weighted by Gasteiger charge is -2.06. The predicted molar refractivity (Wildman–Crippen MR) is 58.5 cm³/mol. The van der Waals surface area contributed by atoms with E-state index in [0.717, 1.165) is 6.07 Å². The largest absolute Gasteiger partial charge is 0.436 e. The van der Waals surface area contributed by atoms with Gasteiger partial charge in [-0.3, -0.25) is 5.84 Å². The first-order chi connectivity index (χ1) is 8.20. The molecule has 0 saturated carbocycles. The maximum Gasteiger partial charge on any atom is 0.219 e. The van der Waals surface area contributed by atoms with Crippen LogP contribution in [0.4, 0.5) is 14.5 Å². The molecule has 0 aliphatic rings. The van der Waals surface area contributed by atoms with E-state index in [-0.39, 0.29) is 11.6 Å². The summed E-state index contributed by atoms with van der Waals surface area (Å²) in [6, 6.07) is 6.76. The summed E-state index contributed by atoms with van der Waals surface area (Å²) in [5.74, 6) is 3.07. The fourth-order valence-electron chi connectivity index (χ4n) is 1.20. The third kappa shape index (κ3) is 2.48. The number of pyridine rings is 1. The highest BCUT2D eigenvalue weighted by Crippen LogP contribution is 2.24. The molecule has 2 aromatic rings. The van der Waals surface area contributed by atoms with E-state index in [4.69, 9.17) is 10.6 Å². The molecule has 0 saturated heterocycles. The van der Waals surface area contributed by atoms with Crippen molar-refractivity contribution in [2.45, 2.75) is 0 Å². The van der Waals surface area contributed by atoms with E-state index in [2.05, 4.69) is 10.4 Å². The van der Waals surface area contributed by atoms with Crippen LogP contribution in [0.3, 0.4) is 0 Å². The third-order valence-corrected chi connectivity index (χ3v) is 2.03. The second kappa shape index (κ2) is 4.75. The zero-order valence-electron chi connectivity index (χ0n) is 8.65. The number of nitrogens with two attached hydrogens (primary N) is 1. The van der Waals surface area contributed by atoms with Gasteiger partial charge in [0.15, 0.2) is 11.6 Å². The Hall–Kier alpha value is -2.21. The van der Waals surface area contributed by atoms with Gasteiger partial charge < -0.3 is 10.2 Å². The number of nitrogen functional groups attached to an aromatic ring is 1. The fourth-order valence-corrected chi connectivity index (χ4v) is 1.20. The first-order valence-corrected chi connectivity index (χ1v) is 4.75. The van der Waals surface area contributed by atoms with Gasteiger partial charge in [0.05, 0.1) is 11.9 Å². The minimum Gasteiger partial charge on any atom is -0.436 e. The number of aromatic nitrogens is 1. The predicted octanol–water partition coefficient (Wildman–Crippen LogP) is 2.44. The average Bonchev–Trinajstić information content (AvgIpc) is 2.36. The Labute approximate surface area is 96.0 Å². The first-order valence-electron chi connectivity index (χ1n) is 4.75. The van der Waals surface area contributed by atoms with Crippen LogP contribution in [-0.4, -0.2) is 4.98 Å². The Morgan fingerprint density at radius 1 is 1.18 bits per heavy atom. The molecule has 0 unspecified atom stereocenters. The van der Waals surface area contributed by atoms with Crippen LogP contribution in [0.25, 0.3) is 0 Å². The SMILES string of the molecule is NNc1ccc(Oc2cccc(F)c2F)nc1. The zero-order valence-corrected chi connectivity index (χ0v) is 8.65. The van der Waals surface area contributed by atoms with E-state index in [9.17, 15) is 8.78 Å². The minimum absolute atomic E-state index is 0.147. The number of hydrogen-bond donors (Lipinski definition) is 2. The van der Waals surface area contributed by atoms with E-state index in [1.165, 1.54) is 24.4 Å². The van der Waals surface area contributed by atoms with E-state index in [1.54, 1.807) is 6.07 Å². The molecular weight excluding hydrogens is 228 g/mol. The topological polar surface area (TPSA) is 60.2 Å². The van der Waals surface area contributed by atoms with Crippen molar-refractivity contribution in [3.8, 4) is 11.6 Å². The number of nitrogens with one attached hydrogen (secondary N) is 1. The number of nitrogens with zero attached hydrogens (tertiary/aromatic N) is 1. The van der Waals surface area contributed by atoms with Gasteiger partial charge >= 0.3 is 0 Å². The summed E-state index contributed by atoms with van der Waals surface area (Å²) in [4.78, 5) is 3.86. The van der Waals surface area contributed by atoms with Gasteiger partial charge in [0.25, 0.3) is 0 Å². The number of anilines is 1. The molecule has 1 aromatic carbocycles. The maximum atomic E-state index is 13.3. The molecule has 1 aromatic heterocycles. The van der Waals surface area contributed by atoms with Gasteiger partial charge in [0.2, 0.25) is 11.7 Å². The van der Waals surface area contributed by atoms with Crippen molar-refractivity contribution >= 4 is 5.69 Å². The summed E-state index contributed by atoms with van der Waals surface area (Å²) < 4.78 is 31.3. The van der Waals surface area contributed by atoms with Crippen molar-refractivity contribution in [3.63, 3.8) is 0 Å². The molecule has 4 nitrogen and oxygen atoms in total. The summed E-state index contributed by atoms with van der Waals surface area (Å²) in [5.41, 5.74) is 2.97. The highest BCUT2D eigenvalue weighted by atomic mass is 19.2. The highest BCUT2D eigenvalue weighted by Gasteiger charge is 2.09. The lowest BCUT2D eigenvalue weighted by molar-refractivity contribution is 0.405. The van der Waals surface area contributed by atoms with E-state index in [1.807, 2.05) is 0 Å². The summed E-state index contributed by atoms with van der Waals surface area (Å²) >= 11 is 0. The number of rotatable bonds is 3. The molecule has 0 aliphatic heterocycles. The summed E-state index contributed by atoms with van der Waals surface area (Å²) in [5, 5.41) is 0. The molecular formula is C11H9F2N3O. The quantitative estimate of drug-likeness (QED) is 0.635. The van der Waals surface area contributed by atoms with Gasteiger partial charge in [-0.15, -0.1) is 0 Å². The van der Waals surface area contributed by atoms with Gasteiger partial charge in [-0.25, -0.2) is 9.37 Å². The Morgan fingerprint density at radius 2 is 2.00 bits per heavy atom. The molecule has 17 heavy (non-hydrogen) atoms. The summed E-state index contributed by atoms with van der Waals surface area (Å²) in [6.45, 7) is 0. The second-order valence-corrected chi connectivity index (χ2v) is 3.18. The van der Waals surface area contributed by atoms with Crippen LogP contribution in [0.5, 0.6) is 11.6 Å².